The van der Waals surface area contributed by atoms with Gasteiger partial charge in [-0.1, -0.05) is 0 Å². The first kappa shape index (κ1) is 29.8. The average Bonchev–Trinajstić information content (AvgIpc) is 2.92. The third-order valence-corrected chi connectivity index (χ3v) is 9.15. The molecule has 1 aliphatic rings. The van der Waals surface area contributed by atoms with Crippen LogP contribution in [0, 0.1) is 0 Å². The summed E-state index contributed by atoms with van der Waals surface area (Å²) in [5.74, 6) is -0.862. The molecule has 3 heterocycles. The Balaban J connectivity index is 1.52. The molecular weight excluding hydrogens is 612 g/mol. The number of pyridine rings is 1. The summed E-state index contributed by atoms with van der Waals surface area (Å²) in [4.78, 5) is 24.8. The van der Waals surface area contributed by atoms with E-state index in [1.807, 2.05) is 0 Å². The van der Waals surface area contributed by atoms with Crippen LogP contribution >= 0.6 is 0 Å². The van der Waals surface area contributed by atoms with Crippen molar-refractivity contribution in [2.24, 2.45) is 0 Å². The fourth-order valence-corrected chi connectivity index (χ4v) is 6.22. The molecule has 40 heavy (non-hydrogen) atoms. The first-order valence-corrected chi connectivity index (χ1v) is 15.9. The molecule has 1 saturated heterocycles. The number of nitrogens with one attached hydrogen (secondary N) is 3. The number of anilines is 2. The second kappa shape index (κ2) is 13.0. The summed E-state index contributed by atoms with van der Waals surface area (Å²) in [5.41, 5.74) is -0.287. The molecule has 0 bridgehead atoms. The minimum atomic E-state index is -4.72. The number of aromatic nitrogens is 3. The van der Waals surface area contributed by atoms with Crippen LogP contribution < -0.4 is 24.3 Å². The van der Waals surface area contributed by atoms with E-state index < -0.39 is 43.3 Å². The van der Waals surface area contributed by atoms with Crippen molar-refractivity contribution in [1.29, 1.82) is 0 Å². The average molecular weight is 640 g/mol. The molecule has 4 rings (SSSR count). The number of alkyl halides is 3. The molecule has 2 aromatic heterocycles. The number of amides is 1. The number of hydrogen-bond acceptors (Lipinski definition) is 8. The molecule has 3 N–H and O–H groups in total. The van der Waals surface area contributed by atoms with E-state index in [0.29, 0.717) is 24.3 Å². The van der Waals surface area contributed by atoms with Crippen LogP contribution in [0.4, 0.5) is 24.8 Å². The Morgan fingerprint density at radius 2 is 2.00 bits per heavy atom. The second-order valence-electron chi connectivity index (χ2n) is 8.85. The molecular formula is C25H27AsF3N6O4S. The van der Waals surface area contributed by atoms with Crippen LogP contribution in [0.3, 0.4) is 0 Å². The molecule has 10 nitrogen and oxygen atoms in total. The standard InChI is InChI=1S/C25H27AsF3N6O4S/c1-2-40(37,38)35-21-17(7-4-10-30-21)13-31-22-20(25(27,28)29)14-32-24(34-22)26-18-8-3-6-16(12-18)23(36)33-19-9-5-11-39-15-19/h3-4,6-8,10,12,14,19H,2,5,9,11,13,15H2,1H3,(H,30,35)(H,33,36)(H,31,32,34). The normalized spacial score (nSPS) is 16.1. The van der Waals surface area contributed by atoms with E-state index in [0.717, 1.165) is 23.4 Å². The number of nitrogens with zero attached hydrogens (tertiary/aromatic N) is 3. The first-order valence-electron chi connectivity index (χ1n) is 12.4. The number of rotatable bonds is 10. The topological polar surface area (TPSA) is 135 Å². The van der Waals surface area contributed by atoms with Crippen molar-refractivity contribution in [3.63, 3.8) is 0 Å². The van der Waals surface area contributed by atoms with Crippen LogP contribution in [-0.2, 0) is 27.5 Å². The fraction of sp³-hybridized carbons (Fsp3) is 0.360. The van der Waals surface area contributed by atoms with Gasteiger partial charge in [0.1, 0.15) is 0 Å². The van der Waals surface area contributed by atoms with Crippen molar-refractivity contribution in [3.05, 3.63) is 65.5 Å². The number of carbonyl (C=O) groups excluding carboxylic acids is 1. The molecule has 0 spiro atoms. The van der Waals surface area contributed by atoms with Gasteiger partial charge in [-0.3, -0.25) is 0 Å². The van der Waals surface area contributed by atoms with Gasteiger partial charge in [0.05, 0.1) is 0 Å². The zero-order valence-electron chi connectivity index (χ0n) is 21.4. The van der Waals surface area contributed by atoms with Crippen molar-refractivity contribution in [1.82, 2.24) is 20.3 Å². The molecule has 15 heteroatoms. The molecule has 1 fully saturated rings. The number of hydrogen-bond donors (Lipinski definition) is 3. The van der Waals surface area contributed by atoms with Gasteiger partial charge in [0, 0.05) is 0 Å². The Morgan fingerprint density at radius 3 is 2.73 bits per heavy atom. The van der Waals surface area contributed by atoms with Gasteiger partial charge in [0.15, 0.2) is 0 Å². The molecule has 1 radical (unpaired) electrons. The van der Waals surface area contributed by atoms with E-state index in [4.69, 9.17) is 4.74 Å². The van der Waals surface area contributed by atoms with E-state index in [1.54, 1.807) is 36.4 Å². The summed E-state index contributed by atoms with van der Waals surface area (Å²) in [6.45, 7) is 2.41. The van der Waals surface area contributed by atoms with E-state index >= 15 is 0 Å². The summed E-state index contributed by atoms with van der Waals surface area (Å²) in [5, 5.41) is 5.62. The van der Waals surface area contributed by atoms with Crippen LogP contribution in [0.2, 0.25) is 0 Å². The molecule has 1 aromatic carbocycles. The van der Waals surface area contributed by atoms with Gasteiger partial charge in [-0.2, -0.15) is 0 Å². The third kappa shape index (κ3) is 8.15. The fourth-order valence-electron chi connectivity index (χ4n) is 3.80. The first-order chi connectivity index (χ1) is 19.0. The van der Waals surface area contributed by atoms with Gasteiger partial charge in [-0.15, -0.1) is 0 Å². The van der Waals surface area contributed by atoms with Crippen LogP contribution in [0.1, 0.15) is 41.3 Å². The van der Waals surface area contributed by atoms with E-state index in [-0.39, 0.29) is 34.7 Å². The molecule has 1 aliphatic heterocycles. The van der Waals surface area contributed by atoms with E-state index in [1.165, 1.54) is 13.1 Å². The maximum absolute atomic E-state index is 13.7. The van der Waals surface area contributed by atoms with Crippen LogP contribution in [0.15, 0.2) is 48.8 Å². The van der Waals surface area contributed by atoms with Gasteiger partial charge in [0.25, 0.3) is 0 Å². The van der Waals surface area contributed by atoms with Crippen molar-refractivity contribution >= 4 is 52.3 Å². The maximum atomic E-state index is 13.7. The van der Waals surface area contributed by atoms with Crippen molar-refractivity contribution in [2.45, 2.75) is 38.5 Å². The van der Waals surface area contributed by atoms with Crippen LogP contribution in [-0.4, -0.2) is 70.0 Å². The van der Waals surface area contributed by atoms with Crippen molar-refractivity contribution in [2.75, 3.05) is 29.0 Å². The van der Waals surface area contributed by atoms with Crippen molar-refractivity contribution in [3.8, 4) is 0 Å². The molecule has 1 amide bonds. The summed E-state index contributed by atoms with van der Waals surface area (Å²) in [7, 11) is -3.65. The molecule has 1 atom stereocenters. The summed E-state index contributed by atoms with van der Waals surface area (Å²) in [6, 6.07) is 9.87. The molecule has 0 saturated carbocycles. The third-order valence-electron chi connectivity index (χ3n) is 5.88. The van der Waals surface area contributed by atoms with Gasteiger partial charge in [-0.05, 0) is 0 Å². The monoisotopic (exact) mass is 639 g/mol. The summed E-state index contributed by atoms with van der Waals surface area (Å²) < 4.78 is 73.9. The number of carbonyl (C=O) groups is 1. The Morgan fingerprint density at radius 1 is 1.18 bits per heavy atom. The number of sulfonamides is 1. The van der Waals surface area contributed by atoms with Gasteiger partial charge in [0.2, 0.25) is 0 Å². The number of ether oxygens (including phenoxy) is 1. The molecule has 3 aromatic rings. The Labute approximate surface area is 236 Å². The van der Waals surface area contributed by atoms with E-state index in [2.05, 4.69) is 30.3 Å². The quantitative estimate of drug-likeness (QED) is 0.286. The zero-order chi connectivity index (χ0) is 28.8. The number of benzene rings is 1. The van der Waals surface area contributed by atoms with Gasteiger partial charge < -0.3 is 0 Å². The Hall–Kier alpha value is -3.22. The van der Waals surface area contributed by atoms with Gasteiger partial charge in [-0.25, -0.2) is 0 Å². The minimum absolute atomic E-state index is 0.0147. The van der Waals surface area contributed by atoms with Crippen LogP contribution in [0.25, 0.3) is 0 Å². The Bertz CT molecular complexity index is 1450. The number of halogens is 3. The summed E-state index contributed by atoms with van der Waals surface area (Å²) in [6.07, 6.45) is -0.920. The predicted molar refractivity (Wildman–Crippen MR) is 144 cm³/mol. The van der Waals surface area contributed by atoms with Gasteiger partial charge >= 0.3 is 237 Å². The predicted octanol–water partition coefficient (Wildman–Crippen LogP) is 1.83. The Kier molecular flexibility index (Phi) is 9.64. The second-order valence-corrected chi connectivity index (χ2v) is 13.3. The molecule has 0 aliphatic carbocycles. The molecule has 1 unspecified atom stereocenters. The van der Waals surface area contributed by atoms with E-state index in [9.17, 15) is 26.4 Å². The molecule has 213 valence electrons. The van der Waals surface area contributed by atoms with Crippen LogP contribution in [0.5, 0.6) is 0 Å². The summed E-state index contributed by atoms with van der Waals surface area (Å²) >= 11 is -0.954. The SMILES string of the molecule is CCS(=O)(=O)Nc1ncccc1CNc1nc([As]c2cccc(C(=O)NC3CCCOC3)c2)ncc1C(F)(F)F. The van der Waals surface area contributed by atoms with Crippen molar-refractivity contribution < 1.29 is 31.1 Å². The zero-order valence-corrected chi connectivity index (χ0v) is 24.1.